The molecular formula is C41H79NO4. The molecule has 0 aliphatic heterocycles. The number of amides is 1. The minimum Gasteiger partial charge on any atom is -0.394 e. The quantitative estimate of drug-likeness (QED) is 0.0401. The first-order valence-electron chi connectivity index (χ1n) is 20.2. The van der Waals surface area contributed by atoms with E-state index in [1.807, 2.05) is 6.08 Å². The molecule has 0 aliphatic carbocycles. The van der Waals surface area contributed by atoms with Gasteiger partial charge in [0.05, 0.1) is 18.8 Å². The second-order valence-corrected chi connectivity index (χ2v) is 13.8. The zero-order valence-electron chi connectivity index (χ0n) is 30.7. The van der Waals surface area contributed by atoms with Crippen LogP contribution in [0.5, 0.6) is 0 Å². The zero-order chi connectivity index (χ0) is 33.8. The van der Waals surface area contributed by atoms with Crippen molar-refractivity contribution in [1.29, 1.82) is 0 Å². The van der Waals surface area contributed by atoms with Crippen molar-refractivity contribution in [3.05, 3.63) is 24.3 Å². The van der Waals surface area contributed by atoms with Crippen LogP contribution in [0.25, 0.3) is 0 Å². The molecule has 46 heavy (non-hydrogen) atoms. The van der Waals surface area contributed by atoms with E-state index in [2.05, 4.69) is 31.3 Å². The van der Waals surface area contributed by atoms with Gasteiger partial charge in [0, 0.05) is 0 Å². The van der Waals surface area contributed by atoms with Crippen molar-refractivity contribution in [2.24, 2.45) is 0 Å². The van der Waals surface area contributed by atoms with Gasteiger partial charge in [0.15, 0.2) is 0 Å². The molecule has 3 atom stereocenters. The Bertz CT molecular complexity index is 679. The van der Waals surface area contributed by atoms with Crippen LogP contribution in [0.3, 0.4) is 0 Å². The molecule has 5 heteroatoms. The van der Waals surface area contributed by atoms with Crippen molar-refractivity contribution in [3.8, 4) is 0 Å². The third-order valence-electron chi connectivity index (χ3n) is 9.29. The van der Waals surface area contributed by atoms with Crippen LogP contribution in [-0.2, 0) is 4.79 Å². The van der Waals surface area contributed by atoms with Crippen LogP contribution in [0.2, 0.25) is 0 Å². The minimum atomic E-state index is -1.11. The lowest BCUT2D eigenvalue weighted by Crippen LogP contribution is -2.48. The monoisotopic (exact) mass is 650 g/mol. The molecule has 0 radical (unpaired) electrons. The predicted molar refractivity (Wildman–Crippen MR) is 199 cm³/mol. The first-order valence-corrected chi connectivity index (χ1v) is 20.2. The van der Waals surface area contributed by atoms with E-state index in [1.165, 1.54) is 141 Å². The van der Waals surface area contributed by atoms with Gasteiger partial charge in [-0.3, -0.25) is 4.79 Å². The Balaban J connectivity index is 3.62. The van der Waals surface area contributed by atoms with Gasteiger partial charge >= 0.3 is 0 Å². The maximum Gasteiger partial charge on any atom is 0.249 e. The van der Waals surface area contributed by atoms with Crippen LogP contribution < -0.4 is 5.32 Å². The van der Waals surface area contributed by atoms with Crippen LogP contribution in [-0.4, -0.2) is 46.1 Å². The lowest BCUT2D eigenvalue weighted by Gasteiger charge is -2.21. The molecular weight excluding hydrogens is 570 g/mol. The number of aliphatic hydroxyl groups is 3. The highest BCUT2D eigenvalue weighted by molar-refractivity contribution is 5.80. The molecule has 0 fully saturated rings. The van der Waals surface area contributed by atoms with Gasteiger partial charge in [-0.2, -0.15) is 0 Å². The number of carbonyl (C=O) groups is 1. The van der Waals surface area contributed by atoms with E-state index >= 15 is 0 Å². The molecule has 0 bridgehead atoms. The molecule has 5 nitrogen and oxygen atoms in total. The molecule has 3 unspecified atom stereocenters. The highest BCUT2D eigenvalue weighted by atomic mass is 16.3. The van der Waals surface area contributed by atoms with E-state index in [4.69, 9.17) is 0 Å². The molecule has 0 heterocycles. The third-order valence-corrected chi connectivity index (χ3v) is 9.29. The summed E-state index contributed by atoms with van der Waals surface area (Å²) in [4.78, 5) is 12.3. The van der Waals surface area contributed by atoms with E-state index in [-0.39, 0.29) is 6.61 Å². The smallest absolute Gasteiger partial charge is 0.249 e. The first-order chi connectivity index (χ1) is 22.6. The number of nitrogens with one attached hydrogen (secondary N) is 1. The average molecular weight is 650 g/mol. The highest BCUT2D eigenvalue weighted by Crippen LogP contribution is 2.15. The van der Waals surface area contributed by atoms with Gasteiger partial charge < -0.3 is 20.6 Å². The Kier molecular flexibility index (Phi) is 35.7. The first kappa shape index (κ1) is 44.8. The fourth-order valence-corrected chi connectivity index (χ4v) is 6.05. The number of hydrogen-bond acceptors (Lipinski definition) is 4. The number of carbonyl (C=O) groups excluding carboxylic acids is 1. The molecule has 0 aromatic carbocycles. The molecule has 272 valence electrons. The molecule has 0 saturated heterocycles. The number of unbranched alkanes of at least 4 members (excludes halogenated alkanes) is 26. The van der Waals surface area contributed by atoms with E-state index < -0.39 is 24.2 Å². The van der Waals surface area contributed by atoms with Crippen LogP contribution in [0.1, 0.15) is 206 Å². The van der Waals surface area contributed by atoms with Gasteiger partial charge in [0.2, 0.25) is 5.91 Å². The summed E-state index contributed by atoms with van der Waals surface area (Å²) in [5.74, 6) is -0.518. The molecule has 0 aromatic heterocycles. The summed E-state index contributed by atoms with van der Waals surface area (Å²) in [5, 5.41) is 32.9. The molecule has 0 aliphatic rings. The molecule has 0 spiro atoms. The number of hydrogen-bond donors (Lipinski definition) is 4. The van der Waals surface area contributed by atoms with Crippen LogP contribution >= 0.6 is 0 Å². The Morgan fingerprint density at radius 1 is 0.522 bits per heavy atom. The van der Waals surface area contributed by atoms with E-state index in [0.29, 0.717) is 6.42 Å². The van der Waals surface area contributed by atoms with Gasteiger partial charge in [-0.1, -0.05) is 192 Å². The van der Waals surface area contributed by atoms with Gasteiger partial charge in [-0.05, 0) is 38.5 Å². The van der Waals surface area contributed by atoms with Gasteiger partial charge in [-0.25, -0.2) is 0 Å². The van der Waals surface area contributed by atoms with E-state index in [0.717, 1.165) is 44.9 Å². The zero-order valence-corrected chi connectivity index (χ0v) is 30.7. The summed E-state index contributed by atoms with van der Waals surface area (Å²) in [6.07, 6.45) is 43.6. The largest absolute Gasteiger partial charge is 0.394 e. The summed E-state index contributed by atoms with van der Waals surface area (Å²) >= 11 is 0. The van der Waals surface area contributed by atoms with Crippen molar-refractivity contribution >= 4 is 5.91 Å². The van der Waals surface area contributed by atoms with Gasteiger partial charge in [0.25, 0.3) is 0 Å². The summed E-state index contributed by atoms with van der Waals surface area (Å²) in [6.45, 7) is 4.11. The fraction of sp³-hybridized carbons (Fsp3) is 0.878. The van der Waals surface area contributed by atoms with Crippen molar-refractivity contribution in [2.75, 3.05) is 6.61 Å². The molecule has 0 aromatic rings. The van der Waals surface area contributed by atoms with Crippen molar-refractivity contribution in [2.45, 2.75) is 225 Å². The number of aliphatic hydroxyl groups excluding tert-OH is 3. The average Bonchev–Trinajstić information content (AvgIpc) is 3.06. The topological polar surface area (TPSA) is 89.8 Å². The van der Waals surface area contributed by atoms with E-state index in [1.54, 1.807) is 6.08 Å². The fourth-order valence-electron chi connectivity index (χ4n) is 6.05. The Morgan fingerprint density at radius 3 is 1.33 bits per heavy atom. The Morgan fingerprint density at radius 2 is 0.891 bits per heavy atom. The maximum atomic E-state index is 12.3. The summed E-state index contributed by atoms with van der Waals surface area (Å²) < 4.78 is 0. The normalized spacial score (nSPS) is 13.9. The Labute approximate surface area is 286 Å². The third kappa shape index (κ3) is 31.4. The summed E-state index contributed by atoms with van der Waals surface area (Å²) in [7, 11) is 0. The number of allylic oxidation sites excluding steroid dienone is 3. The Hall–Kier alpha value is -1.17. The molecule has 0 rings (SSSR count). The lowest BCUT2D eigenvalue weighted by atomic mass is 10.0. The van der Waals surface area contributed by atoms with Crippen molar-refractivity contribution < 1.29 is 20.1 Å². The molecule has 4 N–H and O–H groups in total. The number of rotatable bonds is 36. The molecule has 0 saturated carbocycles. The lowest BCUT2D eigenvalue weighted by molar-refractivity contribution is -0.131. The van der Waals surface area contributed by atoms with Crippen LogP contribution in [0, 0.1) is 0 Å². The minimum absolute atomic E-state index is 0.367. The van der Waals surface area contributed by atoms with Crippen LogP contribution in [0.4, 0.5) is 0 Å². The van der Waals surface area contributed by atoms with Gasteiger partial charge in [-0.15, -0.1) is 0 Å². The second kappa shape index (κ2) is 36.7. The van der Waals surface area contributed by atoms with Crippen LogP contribution in [0.15, 0.2) is 24.3 Å². The van der Waals surface area contributed by atoms with Gasteiger partial charge in [0.1, 0.15) is 6.10 Å². The van der Waals surface area contributed by atoms with Crippen molar-refractivity contribution in [3.63, 3.8) is 0 Å². The second-order valence-electron chi connectivity index (χ2n) is 13.8. The van der Waals surface area contributed by atoms with E-state index in [9.17, 15) is 20.1 Å². The standard InChI is InChI=1S/C41H79NO4/c1-3-5-7-9-11-13-14-15-16-17-18-19-20-21-22-23-24-25-26-28-29-31-33-35-39(44)38(37-43)42-41(46)40(45)36-34-32-30-27-12-10-8-6-4-2/h10,12,33,35,38-40,43-45H,3-9,11,13-32,34,36-37H2,1-2H3,(H,42,46)/b12-10-,35-33+. The maximum absolute atomic E-state index is 12.3. The SMILES string of the molecule is CCCC/C=C\CCCCCC(O)C(=O)NC(CO)C(O)/C=C/CCCCCCCCCCCCCCCCCCCCCCC. The summed E-state index contributed by atoms with van der Waals surface area (Å²) in [5.41, 5.74) is 0. The summed E-state index contributed by atoms with van der Waals surface area (Å²) in [6, 6.07) is -0.800. The highest BCUT2D eigenvalue weighted by Gasteiger charge is 2.22. The van der Waals surface area contributed by atoms with Crippen molar-refractivity contribution in [1.82, 2.24) is 5.32 Å². The predicted octanol–water partition coefficient (Wildman–Crippen LogP) is 11.0. The molecule has 1 amide bonds.